The lowest BCUT2D eigenvalue weighted by atomic mass is 10.3. The highest BCUT2D eigenvalue weighted by Crippen LogP contribution is 1.93. The molecule has 0 aromatic rings. The molecule has 0 saturated carbocycles. The molecule has 3 N–H and O–H groups in total. The second kappa shape index (κ2) is 9.42. The minimum atomic E-state index is -0.114. The largest absolute Gasteiger partial charge is 0.347 e. The number of rotatable bonds is 6. The van der Waals surface area contributed by atoms with Crippen LogP contribution in [0.3, 0.4) is 0 Å². The molecule has 0 radical (unpaired) electrons. The Bertz CT molecular complexity index is 224. The van der Waals surface area contributed by atoms with Crippen LogP contribution in [-0.4, -0.2) is 42.9 Å². The molecular formula is C10H22ClN3O2. The number of hydrogen-bond acceptors (Lipinski definition) is 3. The molecule has 5 nitrogen and oxygen atoms in total. The first kappa shape index (κ1) is 17.6. The van der Waals surface area contributed by atoms with Crippen LogP contribution in [0.2, 0.25) is 0 Å². The first-order chi connectivity index (χ1) is 7.02. The molecule has 0 rings (SSSR count). The minimum absolute atomic E-state index is 0. The third kappa shape index (κ3) is 6.63. The smallest absolute Gasteiger partial charge is 0.241 e. The van der Waals surface area contributed by atoms with Crippen LogP contribution in [0.1, 0.15) is 26.7 Å². The molecule has 0 heterocycles. The highest BCUT2D eigenvalue weighted by molar-refractivity contribution is 5.85. The molecule has 0 aromatic carbocycles. The van der Waals surface area contributed by atoms with E-state index in [0.29, 0.717) is 13.0 Å². The summed E-state index contributed by atoms with van der Waals surface area (Å²) in [7, 11) is 1.69. The Labute approximate surface area is 103 Å². The third-order valence-electron chi connectivity index (χ3n) is 2.31. The van der Waals surface area contributed by atoms with Crippen molar-refractivity contribution in [1.82, 2.24) is 10.2 Å². The van der Waals surface area contributed by atoms with Crippen LogP contribution in [0.4, 0.5) is 0 Å². The van der Waals surface area contributed by atoms with E-state index in [0.717, 1.165) is 6.42 Å². The van der Waals surface area contributed by atoms with Gasteiger partial charge in [0, 0.05) is 26.1 Å². The van der Waals surface area contributed by atoms with Gasteiger partial charge in [0.25, 0.3) is 0 Å². The van der Waals surface area contributed by atoms with Gasteiger partial charge in [-0.25, -0.2) is 0 Å². The van der Waals surface area contributed by atoms with Crippen molar-refractivity contribution >= 4 is 24.2 Å². The summed E-state index contributed by atoms with van der Waals surface area (Å²) in [5.74, 6) is -0.197. The molecular weight excluding hydrogens is 230 g/mol. The van der Waals surface area contributed by atoms with Gasteiger partial charge in [-0.1, -0.05) is 6.92 Å². The summed E-state index contributed by atoms with van der Waals surface area (Å²) in [6, 6.07) is 0.000534. The monoisotopic (exact) mass is 251 g/mol. The molecule has 1 atom stereocenters. The average Bonchev–Trinajstić information content (AvgIpc) is 2.24. The van der Waals surface area contributed by atoms with Crippen LogP contribution in [0.15, 0.2) is 0 Å². The first-order valence-electron chi connectivity index (χ1n) is 5.25. The zero-order chi connectivity index (χ0) is 11.8. The molecule has 6 heteroatoms. The van der Waals surface area contributed by atoms with Gasteiger partial charge in [-0.2, -0.15) is 0 Å². The maximum atomic E-state index is 11.5. The summed E-state index contributed by atoms with van der Waals surface area (Å²) in [5, 5.41) is 2.57. The second-order valence-electron chi connectivity index (χ2n) is 3.62. The van der Waals surface area contributed by atoms with E-state index in [9.17, 15) is 9.59 Å². The quantitative estimate of drug-likeness (QED) is 0.705. The summed E-state index contributed by atoms with van der Waals surface area (Å²) in [4.78, 5) is 24.2. The molecule has 0 saturated heterocycles. The van der Waals surface area contributed by atoms with Crippen LogP contribution < -0.4 is 11.1 Å². The number of nitrogens with one attached hydrogen (secondary N) is 1. The standard InChI is InChI=1S/C10H21N3O2.ClH/c1-4-5-9(14)12-7-10(15)13(3)8(2)6-11;/h8H,4-7,11H2,1-3H3,(H,12,14);1H. The number of carbonyl (C=O) groups is 2. The van der Waals surface area contributed by atoms with Gasteiger partial charge in [0.05, 0.1) is 6.54 Å². The van der Waals surface area contributed by atoms with Crippen LogP contribution in [0.25, 0.3) is 0 Å². The molecule has 0 aliphatic carbocycles. The molecule has 0 spiro atoms. The Morgan fingerprint density at radius 3 is 2.44 bits per heavy atom. The Morgan fingerprint density at radius 1 is 1.44 bits per heavy atom. The Hall–Kier alpha value is -0.810. The maximum absolute atomic E-state index is 11.5. The SMILES string of the molecule is CCCC(=O)NCC(=O)N(C)C(C)CN.Cl. The van der Waals surface area contributed by atoms with Gasteiger partial charge >= 0.3 is 0 Å². The zero-order valence-corrected chi connectivity index (χ0v) is 11.0. The fourth-order valence-corrected chi connectivity index (χ4v) is 1.02. The third-order valence-corrected chi connectivity index (χ3v) is 2.31. The Kier molecular flexibility index (Phi) is 10.3. The lowest BCUT2D eigenvalue weighted by Gasteiger charge is -2.23. The normalized spacial score (nSPS) is 11.2. The van der Waals surface area contributed by atoms with Crippen molar-refractivity contribution in [2.75, 3.05) is 20.1 Å². The van der Waals surface area contributed by atoms with E-state index in [1.807, 2.05) is 13.8 Å². The molecule has 0 fully saturated rings. The molecule has 0 aliphatic heterocycles. The lowest BCUT2D eigenvalue weighted by molar-refractivity contribution is -0.133. The summed E-state index contributed by atoms with van der Waals surface area (Å²) in [5.41, 5.74) is 5.43. The van der Waals surface area contributed by atoms with E-state index in [1.54, 1.807) is 11.9 Å². The Morgan fingerprint density at radius 2 is 2.00 bits per heavy atom. The molecule has 1 unspecified atom stereocenters. The molecule has 96 valence electrons. The van der Waals surface area contributed by atoms with Crippen LogP contribution in [0.5, 0.6) is 0 Å². The molecule has 0 bridgehead atoms. The van der Waals surface area contributed by atoms with Gasteiger partial charge in [0.15, 0.2) is 0 Å². The molecule has 16 heavy (non-hydrogen) atoms. The fraction of sp³-hybridized carbons (Fsp3) is 0.800. The van der Waals surface area contributed by atoms with Gasteiger partial charge in [-0.05, 0) is 13.3 Å². The lowest BCUT2D eigenvalue weighted by Crippen LogP contribution is -2.44. The van der Waals surface area contributed by atoms with E-state index in [1.165, 1.54) is 0 Å². The minimum Gasteiger partial charge on any atom is -0.347 e. The van der Waals surface area contributed by atoms with Gasteiger partial charge in [-0.3, -0.25) is 9.59 Å². The second-order valence-corrected chi connectivity index (χ2v) is 3.62. The van der Waals surface area contributed by atoms with Crippen molar-refractivity contribution in [3.63, 3.8) is 0 Å². The number of halogens is 1. The number of hydrogen-bond donors (Lipinski definition) is 2. The molecule has 2 amide bonds. The predicted octanol–water partition coefficient (Wildman–Crippen LogP) is 0.130. The van der Waals surface area contributed by atoms with Gasteiger partial charge < -0.3 is 16.0 Å². The summed E-state index contributed by atoms with van der Waals surface area (Å²) < 4.78 is 0. The summed E-state index contributed by atoms with van der Waals surface area (Å²) in [6.45, 7) is 4.26. The number of amides is 2. The zero-order valence-electron chi connectivity index (χ0n) is 10.2. The number of likely N-dealkylation sites (N-methyl/N-ethyl adjacent to an activating group) is 1. The predicted molar refractivity (Wildman–Crippen MR) is 66.5 cm³/mol. The van der Waals surface area contributed by atoms with E-state index >= 15 is 0 Å². The number of nitrogens with zero attached hydrogens (tertiary/aromatic N) is 1. The van der Waals surface area contributed by atoms with Crippen molar-refractivity contribution in [1.29, 1.82) is 0 Å². The maximum Gasteiger partial charge on any atom is 0.241 e. The molecule has 0 aliphatic rings. The van der Waals surface area contributed by atoms with Gasteiger partial charge in [0.2, 0.25) is 11.8 Å². The number of nitrogens with two attached hydrogens (primary N) is 1. The van der Waals surface area contributed by atoms with E-state index in [4.69, 9.17) is 5.73 Å². The van der Waals surface area contributed by atoms with E-state index in [2.05, 4.69) is 5.32 Å². The van der Waals surface area contributed by atoms with Gasteiger partial charge in [0.1, 0.15) is 0 Å². The van der Waals surface area contributed by atoms with Gasteiger partial charge in [-0.15, -0.1) is 12.4 Å². The molecule has 0 aromatic heterocycles. The summed E-state index contributed by atoms with van der Waals surface area (Å²) in [6.07, 6.45) is 1.25. The van der Waals surface area contributed by atoms with Crippen molar-refractivity contribution in [3.05, 3.63) is 0 Å². The van der Waals surface area contributed by atoms with Crippen molar-refractivity contribution in [3.8, 4) is 0 Å². The van der Waals surface area contributed by atoms with E-state index < -0.39 is 0 Å². The number of carbonyl (C=O) groups excluding carboxylic acids is 2. The fourth-order valence-electron chi connectivity index (χ4n) is 1.02. The Balaban J connectivity index is 0. The highest BCUT2D eigenvalue weighted by Gasteiger charge is 2.14. The topological polar surface area (TPSA) is 75.4 Å². The average molecular weight is 252 g/mol. The van der Waals surface area contributed by atoms with Crippen molar-refractivity contribution in [2.24, 2.45) is 5.73 Å². The van der Waals surface area contributed by atoms with Crippen LogP contribution in [-0.2, 0) is 9.59 Å². The van der Waals surface area contributed by atoms with Crippen LogP contribution >= 0.6 is 12.4 Å². The highest BCUT2D eigenvalue weighted by atomic mass is 35.5. The van der Waals surface area contributed by atoms with Crippen molar-refractivity contribution in [2.45, 2.75) is 32.7 Å². The van der Waals surface area contributed by atoms with Crippen molar-refractivity contribution < 1.29 is 9.59 Å². The van der Waals surface area contributed by atoms with E-state index in [-0.39, 0.29) is 36.8 Å². The first-order valence-corrected chi connectivity index (χ1v) is 5.25. The summed E-state index contributed by atoms with van der Waals surface area (Å²) >= 11 is 0. The van der Waals surface area contributed by atoms with Crippen LogP contribution in [0, 0.1) is 0 Å².